The quantitative estimate of drug-likeness (QED) is 0.526. The standard InChI is InChI=1S/C17H13N2O2/c1-21-15-8-3-2-7-14(15)19-11-13-6-4-5-12-9-10-18(16(12)13)17(19)20/h2-11H,1H3/q+1. The van der Waals surface area contributed by atoms with Gasteiger partial charge in [-0.1, -0.05) is 24.3 Å². The largest absolute Gasteiger partial charge is 0.508 e. The Morgan fingerprint density at radius 3 is 2.67 bits per heavy atom. The molecule has 0 aliphatic heterocycles. The molecule has 0 aliphatic rings. The first-order valence-corrected chi connectivity index (χ1v) is 6.71. The molecule has 0 radical (unpaired) electrons. The molecule has 4 aromatic rings. The SMILES string of the molecule is COc1ccccc1-[n+]1cc2cccc3ccn(c1=O)c32. The lowest BCUT2D eigenvalue weighted by Crippen LogP contribution is -2.50. The number of benzene rings is 2. The van der Waals surface area contributed by atoms with Crippen molar-refractivity contribution in [2.75, 3.05) is 7.11 Å². The number of ether oxygens (including phenoxy) is 1. The summed E-state index contributed by atoms with van der Waals surface area (Å²) < 4.78 is 8.67. The highest BCUT2D eigenvalue weighted by atomic mass is 16.5. The third kappa shape index (κ3) is 1.62. The summed E-state index contributed by atoms with van der Waals surface area (Å²) in [5, 5.41) is 2.08. The van der Waals surface area contributed by atoms with Crippen molar-refractivity contribution in [3.63, 3.8) is 0 Å². The molecule has 4 nitrogen and oxygen atoms in total. The average Bonchev–Trinajstić information content (AvgIpc) is 2.96. The van der Waals surface area contributed by atoms with Gasteiger partial charge in [0.2, 0.25) is 0 Å². The third-order valence-corrected chi connectivity index (χ3v) is 3.77. The first kappa shape index (κ1) is 11.9. The normalized spacial score (nSPS) is 11.3. The highest BCUT2D eigenvalue weighted by Crippen LogP contribution is 2.21. The maximum Gasteiger partial charge on any atom is 0.508 e. The van der Waals surface area contributed by atoms with E-state index in [2.05, 4.69) is 0 Å². The Bertz CT molecular complexity index is 1000. The molecular formula is C17H13N2O2+. The summed E-state index contributed by atoms with van der Waals surface area (Å²) in [6.45, 7) is 0. The van der Waals surface area contributed by atoms with Crippen LogP contribution in [-0.2, 0) is 0 Å². The zero-order valence-corrected chi connectivity index (χ0v) is 11.5. The van der Waals surface area contributed by atoms with Crippen LogP contribution >= 0.6 is 0 Å². The third-order valence-electron chi connectivity index (χ3n) is 3.77. The molecule has 0 bridgehead atoms. The van der Waals surface area contributed by atoms with Crippen molar-refractivity contribution in [3.05, 3.63) is 71.4 Å². The van der Waals surface area contributed by atoms with Crippen molar-refractivity contribution in [1.82, 2.24) is 4.40 Å². The summed E-state index contributed by atoms with van der Waals surface area (Å²) in [7, 11) is 1.61. The van der Waals surface area contributed by atoms with Crippen molar-refractivity contribution >= 4 is 16.3 Å². The number of para-hydroxylation sites is 3. The van der Waals surface area contributed by atoms with Crippen LogP contribution in [0.15, 0.2) is 65.7 Å². The molecule has 0 unspecified atom stereocenters. The lowest BCUT2D eigenvalue weighted by molar-refractivity contribution is -0.614. The average molecular weight is 277 g/mol. The van der Waals surface area contributed by atoms with Gasteiger partial charge in [-0.25, -0.2) is 0 Å². The van der Waals surface area contributed by atoms with Crippen LogP contribution in [0.25, 0.3) is 22.0 Å². The molecule has 0 atom stereocenters. The monoisotopic (exact) mass is 277 g/mol. The lowest BCUT2D eigenvalue weighted by Gasteiger charge is -2.06. The van der Waals surface area contributed by atoms with Gasteiger partial charge in [-0.3, -0.25) is 0 Å². The van der Waals surface area contributed by atoms with Crippen LogP contribution in [0.5, 0.6) is 5.75 Å². The molecule has 4 heteroatoms. The fraction of sp³-hybridized carbons (Fsp3) is 0.0588. The van der Waals surface area contributed by atoms with Crippen LogP contribution in [-0.4, -0.2) is 11.5 Å². The van der Waals surface area contributed by atoms with E-state index in [1.165, 1.54) is 0 Å². The number of hydrogen-bond donors (Lipinski definition) is 0. The van der Waals surface area contributed by atoms with Crippen molar-refractivity contribution in [1.29, 1.82) is 0 Å². The first-order chi connectivity index (χ1) is 10.3. The second-order valence-electron chi connectivity index (χ2n) is 4.92. The van der Waals surface area contributed by atoms with Crippen LogP contribution in [0.4, 0.5) is 0 Å². The molecule has 0 amide bonds. The van der Waals surface area contributed by atoms with Crippen LogP contribution < -0.4 is 15.0 Å². The van der Waals surface area contributed by atoms with Gasteiger partial charge >= 0.3 is 5.69 Å². The zero-order valence-electron chi connectivity index (χ0n) is 11.5. The van der Waals surface area contributed by atoms with Gasteiger partial charge in [0, 0.05) is 5.39 Å². The highest BCUT2D eigenvalue weighted by molar-refractivity contribution is 5.95. The van der Waals surface area contributed by atoms with E-state index < -0.39 is 0 Å². The van der Waals surface area contributed by atoms with Crippen LogP contribution in [0.3, 0.4) is 0 Å². The fourth-order valence-corrected chi connectivity index (χ4v) is 2.80. The summed E-state index contributed by atoms with van der Waals surface area (Å²) >= 11 is 0. The number of hydrogen-bond acceptors (Lipinski definition) is 2. The number of nitrogens with zero attached hydrogens (tertiary/aromatic N) is 2. The molecule has 102 valence electrons. The summed E-state index contributed by atoms with van der Waals surface area (Å²) in [6, 6.07) is 15.5. The van der Waals surface area contributed by atoms with E-state index in [0.717, 1.165) is 22.0 Å². The van der Waals surface area contributed by atoms with Crippen molar-refractivity contribution < 1.29 is 9.30 Å². The van der Waals surface area contributed by atoms with E-state index in [1.807, 2.05) is 60.9 Å². The van der Waals surface area contributed by atoms with Gasteiger partial charge in [0.25, 0.3) is 0 Å². The Hall–Kier alpha value is -2.88. The van der Waals surface area contributed by atoms with Crippen molar-refractivity contribution in [2.45, 2.75) is 0 Å². The lowest BCUT2D eigenvalue weighted by atomic mass is 10.2. The van der Waals surface area contributed by atoms with E-state index >= 15 is 0 Å². The molecule has 2 aromatic heterocycles. The number of rotatable bonds is 2. The van der Waals surface area contributed by atoms with Crippen molar-refractivity contribution in [3.8, 4) is 11.4 Å². The molecule has 0 N–H and O–H groups in total. The smallest absolute Gasteiger partial charge is 0.492 e. The Labute approximate surface area is 120 Å². The molecule has 4 rings (SSSR count). The molecule has 0 saturated carbocycles. The first-order valence-electron chi connectivity index (χ1n) is 6.71. The predicted octanol–water partition coefficient (Wildman–Crippen LogP) is 2.18. The molecule has 21 heavy (non-hydrogen) atoms. The van der Waals surface area contributed by atoms with Gasteiger partial charge in [0.1, 0.15) is 12.4 Å². The second kappa shape index (κ2) is 4.31. The molecule has 0 aliphatic carbocycles. The Morgan fingerprint density at radius 1 is 1.00 bits per heavy atom. The van der Waals surface area contributed by atoms with Crippen molar-refractivity contribution in [2.24, 2.45) is 0 Å². The molecule has 2 heterocycles. The Morgan fingerprint density at radius 2 is 1.81 bits per heavy atom. The van der Waals surface area contributed by atoms with Gasteiger partial charge in [-0.05, 0) is 24.3 Å². The van der Waals surface area contributed by atoms with Crippen LogP contribution in [0, 0.1) is 0 Å². The second-order valence-corrected chi connectivity index (χ2v) is 4.92. The fourth-order valence-electron chi connectivity index (χ4n) is 2.80. The Kier molecular flexibility index (Phi) is 2.44. The maximum atomic E-state index is 12.7. The summed E-state index contributed by atoms with van der Waals surface area (Å²) in [4.78, 5) is 12.7. The highest BCUT2D eigenvalue weighted by Gasteiger charge is 2.20. The summed E-state index contributed by atoms with van der Waals surface area (Å²) in [5.74, 6) is 0.671. The number of aromatic nitrogens is 2. The summed E-state index contributed by atoms with van der Waals surface area (Å²) in [6.07, 6.45) is 3.68. The zero-order chi connectivity index (χ0) is 14.4. The predicted molar refractivity (Wildman–Crippen MR) is 80.4 cm³/mol. The van der Waals surface area contributed by atoms with Gasteiger partial charge in [0.15, 0.2) is 17.0 Å². The van der Waals surface area contributed by atoms with E-state index in [0.29, 0.717) is 5.75 Å². The van der Waals surface area contributed by atoms with Gasteiger partial charge in [0.05, 0.1) is 12.5 Å². The molecule has 2 aromatic carbocycles. The maximum absolute atomic E-state index is 12.7. The molecule has 0 saturated heterocycles. The topological polar surface area (TPSA) is 34.6 Å². The van der Waals surface area contributed by atoms with E-state index in [1.54, 1.807) is 16.1 Å². The van der Waals surface area contributed by atoms with Crippen LogP contribution in [0.1, 0.15) is 0 Å². The van der Waals surface area contributed by atoms with Gasteiger partial charge in [-0.2, -0.15) is 13.8 Å². The molecule has 0 spiro atoms. The Balaban J connectivity index is 2.14. The van der Waals surface area contributed by atoms with Gasteiger partial charge < -0.3 is 4.74 Å². The van der Waals surface area contributed by atoms with Crippen LogP contribution in [0.2, 0.25) is 0 Å². The minimum atomic E-state index is -0.104. The van der Waals surface area contributed by atoms with E-state index in [-0.39, 0.29) is 5.69 Å². The minimum absolute atomic E-state index is 0.104. The van der Waals surface area contributed by atoms with E-state index in [4.69, 9.17) is 4.74 Å². The summed E-state index contributed by atoms with van der Waals surface area (Å²) in [5.41, 5.74) is 1.59. The minimum Gasteiger partial charge on any atom is -0.492 e. The molecule has 0 fully saturated rings. The number of methoxy groups -OCH3 is 1. The van der Waals surface area contributed by atoms with Gasteiger partial charge in [-0.15, -0.1) is 0 Å². The van der Waals surface area contributed by atoms with E-state index in [9.17, 15) is 4.79 Å². The molecular weight excluding hydrogens is 264 g/mol.